The minimum absolute atomic E-state index is 0.0635. The molecule has 0 saturated heterocycles. The Morgan fingerprint density at radius 2 is 2.10 bits per heavy atom. The highest BCUT2D eigenvalue weighted by atomic mass is 32.2. The molecule has 0 radical (unpaired) electrons. The highest BCUT2D eigenvalue weighted by Crippen LogP contribution is 2.22. The second-order valence-corrected chi connectivity index (χ2v) is 5.91. The summed E-state index contributed by atoms with van der Waals surface area (Å²) in [5, 5.41) is 2.85. The van der Waals surface area contributed by atoms with Crippen molar-refractivity contribution in [3.63, 3.8) is 0 Å². The van der Waals surface area contributed by atoms with Crippen molar-refractivity contribution in [1.29, 1.82) is 0 Å². The molecule has 0 fully saturated rings. The van der Waals surface area contributed by atoms with Gasteiger partial charge in [-0.3, -0.25) is 0 Å². The summed E-state index contributed by atoms with van der Waals surface area (Å²) < 4.78 is 54.5. The van der Waals surface area contributed by atoms with Gasteiger partial charge in [0.15, 0.2) is 0 Å². The molecule has 0 spiro atoms. The third kappa shape index (κ3) is 5.82. The largest absolute Gasteiger partial charge is 0.397 e. The molecule has 0 aliphatic carbocycles. The number of benzene rings is 1. The molecule has 1 aromatic rings. The van der Waals surface area contributed by atoms with Crippen LogP contribution in [0.1, 0.15) is 6.92 Å². The molecule has 0 aromatic heterocycles. The summed E-state index contributed by atoms with van der Waals surface area (Å²) in [4.78, 5) is 0.0783. The van der Waals surface area contributed by atoms with Gasteiger partial charge in [0.05, 0.1) is 22.9 Å². The van der Waals surface area contributed by atoms with Crippen molar-refractivity contribution < 1.29 is 21.9 Å². The van der Waals surface area contributed by atoms with Crippen LogP contribution in [0.5, 0.6) is 0 Å². The van der Waals surface area contributed by atoms with Crippen LogP contribution in [0.3, 0.4) is 0 Å². The predicted octanol–water partition coefficient (Wildman–Crippen LogP) is 1.26. The zero-order chi connectivity index (χ0) is 15.9. The van der Waals surface area contributed by atoms with Gasteiger partial charge in [-0.15, -0.1) is 0 Å². The lowest BCUT2D eigenvalue weighted by atomic mass is 10.2. The van der Waals surface area contributed by atoms with Gasteiger partial charge in [0, 0.05) is 13.1 Å². The van der Waals surface area contributed by atoms with Gasteiger partial charge in [-0.05, 0) is 18.2 Å². The van der Waals surface area contributed by atoms with Crippen molar-refractivity contribution in [3.05, 3.63) is 18.2 Å². The Morgan fingerprint density at radius 1 is 1.38 bits per heavy atom. The van der Waals surface area contributed by atoms with E-state index in [2.05, 4.69) is 10.0 Å². The fraction of sp³-hybridized carbons (Fsp3) is 0.500. The number of nitrogens with one attached hydrogen (secondary N) is 2. The summed E-state index contributed by atoms with van der Waals surface area (Å²) in [5.41, 5.74) is 6.50. The number of rotatable bonds is 9. The summed E-state index contributed by atoms with van der Waals surface area (Å²) in [5.74, 6) is 0. The van der Waals surface area contributed by atoms with Gasteiger partial charge < -0.3 is 15.8 Å². The molecule has 1 rings (SSSR count). The van der Waals surface area contributed by atoms with Gasteiger partial charge in [-0.2, -0.15) is 0 Å². The van der Waals surface area contributed by atoms with E-state index < -0.39 is 23.1 Å². The number of hydrogen-bond acceptors (Lipinski definition) is 5. The van der Waals surface area contributed by atoms with Gasteiger partial charge in [-0.25, -0.2) is 21.9 Å². The summed E-state index contributed by atoms with van der Waals surface area (Å²) in [6.45, 7) is 1.62. The SMILES string of the molecule is CCNS(=O)(=O)c1ccc(N)c(NCCOCC(F)F)c1. The van der Waals surface area contributed by atoms with Crippen LogP contribution in [0, 0.1) is 0 Å². The number of halogens is 2. The molecule has 0 aliphatic rings. The van der Waals surface area contributed by atoms with Gasteiger partial charge in [0.2, 0.25) is 10.0 Å². The number of nitrogens with two attached hydrogens (primary N) is 1. The molecular formula is C12H19F2N3O3S. The van der Waals surface area contributed by atoms with Crippen molar-refractivity contribution >= 4 is 21.4 Å². The Kier molecular flexibility index (Phi) is 6.79. The highest BCUT2D eigenvalue weighted by molar-refractivity contribution is 7.89. The molecule has 0 heterocycles. The lowest BCUT2D eigenvalue weighted by Crippen LogP contribution is -2.23. The zero-order valence-electron chi connectivity index (χ0n) is 11.6. The number of hydrogen-bond donors (Lipinski definition) is 3. The second kappa shape index (κ2) is 8.11. The quantitative estimate of drug-likeness (QED) is 0.470. The monoisotopic (exact) mass is 323 g/mol. The van der Waals surface area contributed by atoms with Crippen LogP contribution in [-0.4, -0.2) is 41.1 Å². The summed E-state index contributed by atoms with van der Waals surface area (Å²) >= 11 is 0. The lowest BCUT2D eigenvalue weighted by molar-refractivity contribution is 0.0215. The molecule has 0 saturated carbocycles. The van der Waals surface area contributed by atoms with Gasteiger partial charge in [0.25, 0.3) is 6.43 Å². The minimum atomic E-state index is -3.57. The number of alkyl halides is 2. The van der Waals surface area contributed by atoms with Gasteiger partial charge >= 0.3 is 0 Å². The van der Waals surface area contributed by atoms with E-state index in [9.17, 15) is 17.2 Å². The van der Waals surface area contributed by atoms with Crippen molar-refractivity contribution in [2.45, 2.75) is 18.2 Å². The number of sulfonamides is 1. The molecule has 21 heavy (non-hydrogen) atoms. The van der Waals surface area contributed by atoms with E-state index in [1.165, 1.54) is 18.2 Å². The number of ether oxygens (including phenoxy) is 1. The summed E-state index contributed by atoms with van der Waals surface area (Å²) in [7, 11) is -3.57. The molecule has 0 aliphatic heterocycles. The highest BCUT2D eigenvalue weighted by Gasteiger charge is 2.14. The topological polar surface area (TPSA) is 93.5 Å². The van der Waals surface area contributed by atoms with E-state index in [0.29, 0.717) is 11.4 Å². The number of nitrogen functional groups attached to an aromatic ring is 1. The van der Waals surface area contributed by atoms with Crippen molar-refractivity contribution in [1.82, 2.24) is 4.72 Å². The van der Waals surface area contributed by atoms with Crippen LogP contribution in [0.4, 0.5) is 20.2 Å². The average Bonchev–Trinajstić information content (AvgIpc) is 2.39. The Labute approximate surface area is 122 Å². The average molecular weight is 323 g/mol. The smallest absolute Gasteiger partial charge is 0.261 e. The molecule has 9 heteroatoms. The van der Waals surface area contributed by atoms with E-state index in [-0.39, 0.29) is 24.6 Å². The van der Waals surface area contributed by atoms with E-state index in [1.54, 1.807) is 6.92 Å². The van der Waals surface area contributed by atoms with Gasteiger partial charge in [0.1, 0.15) is 6.61 Å². The maximum atomic E-state index is 11.9. The first kappa shape index (κ1) is 17.6. The molecule has 4 N–H and O–H groups in total. The molecule has 0 bridgehead atoms. The first-order valence-corrected chi connectivity index (χ1v) is 7.84. The summed E-state index contributed by atoms with van der Waals surface area (Å²) in [6.07, 6.45) is -2.51. The molecule has 0 amide bonds. The third-order valence-corrected chi connectivity index (χ3v) is 4.02. The van der Waals surface area contributed by atoms with Crippen LogP contribution in [-0.2, 0) is 14.8 Å². The Morgan fingerprint density at radius 3 is 2.71 bits per heavy atom. The standard InChI is InChI=1S/C12H19F2N3O3S/c1-2-17-21(18,19)9-3-4-10(15)11(7-9)16-5-6-20-8-12(13)14/h3-4,7,12,16-17H,2,5-6,8,15H2,1H3. The minimum Gasteiger partial charge on any atom is -0.397 e. The third-order valence-electron chi connectivity index (χ3n) is 2.48. The van der Waals surface area contributed by atoms with Crippen LogP contribution in [0.15, 0.2) is 23.1 Å². The molecule has 6 nitrogen and oxygen atoms in total. The van der Waals surface area contributed by atoms with Crippen molar-refractivity contribution in [2.75, 3.05) is 37.4 Å². The maximum Gasteiger partial charge on any atom is 0.261 e. The Balaban J connectivity index is 2.66. The fourth-order valence-corrected chi connectivity index (χ4v) is 2.63. The predicted molar refractivity (Wildman–Crippen MR) is 77.0 cm³/mol. The zero-order valence-corrected chi connectivity index (χ0v) is 12.4. The normalized spacial score (nSPS) is 11.8. The van der Waals surface area contributed by atoms with Gasteiger partial charge in [-0.1, -0.05) is 6.92 Å². The van der Waals surface area contributed by atoms with Crippen molar-refractivity contribution in [2.24, 2.45) is 0 Å². The molecule has 1 aromatic carbocycles. The van der Waals surface area contributed by atoms with E-state index in [4.69, 9.17) is 10.5 Å². The first-order chi connectivity index (χ1) is 9.86. The lowest BCUT2D eigenvalue weighted by Gasteiger charge is -2.12. The van der Waals surface area contributed by atoms with Crippen LogP contribution < -0.4 is 15.8 Å². The number of anilines is 2. The molecular weight excluding hydrogens is 304 g/mol. The molecule has 120 valence electrons. The fourth-order valence-electron chi connectivity index (χ4n) is 1.56. The van der Waals surface area contributed by atoms with E-state index >= 15 is 0 Å². The molecule has 0 unspecified atom stereocenters. The van der Waals surface area contributed by atoms with Crippen molar-refractivity contribution in [3.8, 4) is 0 Å². The second-order valence-electron chi connectivity index (χ2n) is 4.14. The van der Waals surface area contributed by atoms with Crippen LogP contribution in [0.2, 0.25) is 0 Å². The molecule has 0 atom stereocenters. The van der Waals surface area contributed by atoms with Crippen LogP contribution in [0.25, 0.3) is 0 Å². The van der Waals surface area contributed by atoms with E-state index in [0.717, 1.165) is 0 Å². The first-order valence-electron chi connectivity index (χ1n) is 6.35. The van der Waals surface area contributed by atoms with Crippen LogP contribution >= 0.6 is 0 Å². The maximum absolute atomic E-state index is 11.9. The summed E-state index contributed by atoms with van der Waals surface area (Å²) in [6, 6.07) is 4.25. The Bertz CT molecular complexity index is 553. The van der Waals surface area contributed by atoms with E-state index in [1.807, 2.05) is 0 Å². The Hall–Kier alpha value is -1.45.